The van der Waals surface area contributed by atoms with Gasteiger partial charge < -0.3 is 14.3 Å². The molecule has 0 spiro atoms. The summed E-state index contributed by atoms with van der Waals surface area (Å²) in [5.74, 6) is -0.0917. The number of amides is 3. The van der Waals surface area contributed by atoms with E-state index in [1.165, 1.54) is 4.57 Å². The molecule has 1 aliphatic rings. The number of aryl methyl sites for hydroxylation is 2. The molecule has 6 rings (SSSR count). The largest absolute Gasteiger partial charge is 0.421 e. The second kappa shape index (κ2) is 9.31. The quantitative estimate of drug-likeness (QED) is 0.332. The van der Waals surface area contributed by atoms with Gasteiger partial charge >= 0.3 is 0 Å². The molecule has 196 valence electrons. The summed E-state index contributed by atoms with van der Waals surface area (Å²) in [5.41, 5.74) is 1.75. The molecular weight excluding hydrogens is 502 g/mol. The van der Waals surface area contributed by atoms with E-state index in [1.54, 1.807) is 42.8 Å². The molecule has 1 fully saturated rings. The number of aromatic nitrogens is 5. The van der Waals surface area contributed by atoms with Crippen LogP contribution in [0.15, 0.2) is 57.9 Å². The Bertz CT molecular complexity index is 1870. The standard InChI is InChI=1S/C27H23N7O5/c1-14-28-18-4-3-5-19(24(18)27(38)34(14)20-8-9-22(35)30-25(20)37)29-23(36)13-33-11-10-16-6-7-17(12-21(16)33)26-32-31-15(2)39-26/h3-7,10-12,20H,8-9,13H2,1-2H3,(H,29,36)(H,30,35,37). The monoisotopic (exact) mass is 525 g/mol. The maximum absolute atomic E-state index is 13.6. The molecule has 1 unspecified atom stereocenters. The number of hydrogen-bond acceptors (Lipinski definition) is 8. The van der Waals surface area contributed by atoms with Crippen LogP contribution in [-0.2, 0) is 20.9 Å². The van der Waals surface area contributed by atoms with Crippen molar-refractivity contribution in [3.63, 3.8) is 0 Å². The second-order valence-corrected chi connectivity index (χ2v) is 9.39. The van der Waals surface area contributed by atoms with Gasteiger partial charge in [-0.15, -0.1) is 10.2 Å². The van der Waals surface area contributed by atoms with Crippen molar-refractivity contribution in [1.29, 1.82) is 0 Å². The lowest BCUT2D eigenvalue weighted by molar-refractivity contribution is -0.135. The van der Waals surface area contributed by atoms with Crippen LogP contribution in [0.3, 0.4) is 0 Å². The lowest BCUT2D eigenvalue weighted by atomic mass is 10.1. The number of hydrogen-bond donors (Lipinski definition) is 2. The summed E-state index contributed by atoms with van der Waals surface area (Å²) < 4.78 is 8.61. The molecule has 0 bridgehead atoms. The minimum atomic E-state index is -0.862. The average Bonchev–Trinajstić information content (AvgIpc) is 3.51. The number of rotatable bonds is 5. The molecule has 0 aliphatic carbocycles. The van der Waals surface area contributed by atoms with Crippen molar-refractivity contribution >= 4 is 45.2 Å². The van der Waals surface area contributed by atoms with Crippen LogP contribution in [0.5, 0.6) is 0 Å². The Morgan fingerprint density at radius 2 is 1.97 bits per heavy atom. The Hall–Kier alpha value is -5.13. The van der Waals surface area contributed by atoms with Gasteiger partial charge in [0.15, 0.2) is 0 Å². The molecule has 1 atom stereocenters. The van der Waals surface area contributed by atoms with Crippen LogP contribution in [0.2, 0.25) is 0 Å². The van der Waals surface area contributed by atoms with Gasteiger partial charge in [-0.1, -0.05) is 12.1 Å². The minimum Gasteiger partial charge on any atom is -0.421 e. The van der Waals surface area contributed by atoms with E-state index in [2.05, 4.69) is 25.8 Å². The molecule has 2 N–H and O–H groups in total. The van der Waals surface area contributed by atoms with Crippen molar-refractivity contribution in [2.75, 3.05) is 5.32 Å². The number of nitrogens with one attached hydrogen (secondary N) is 2. The third-order valence-electron chi connectivity index (χ3n) is 6.76. The molecule has 4 heterocycles. The van der Waals surface area contributed by atoms with E-state index >= 15 is 0 Å². The SMILES string of the molecule is Cc1nnc(-c2ccc3ccn(CC(=O)Nc4cccc5nc(C)n(C6CCC(=O)NC6=O)c(=O)c45)c3c2)o1. The number of carbonyl (C=O) groups excluding carboxylic acids is 3. The number of imide groups is 1. The maximum Gasteiger partial charge on any atom is 0.264 e. The van der Waals surface area contributed by atoms with Gasteiger partial charge in [0.25, 0.3) is 5.56 Å². The van der Waals surface area contributed by atoms with Crippen molar-refractivity contribution in [1.82, 2.24) is 29.6 Å². The van der Waals surface area contributed by atoms with E-state index in [-0.39, 0.29) is 42.3 Å². The van der Waals surface area contributed by atoms with Crippen LogP contribution in [0.4, 0.5) is 5.69 Å². The average molecular weight is 526 g/mol. The normalized spacial score (nSPS) is 15.6. The van der Waals surface area contributed by atoms with Gasteiger partial charge in [0.1, 0.15) is 18.4 Å². The zero-order valence-electron chi connectivity index (χ0n) is 21.1. The fourth-order valence-corrected chi connectivity index (χ4v) is 4.97. The fraction of sp³-hybridized carbons (Fsp3) is 0.222. The van der Waals surface area contributed by atoms with Crippen LogP contribution in [-0.4, -0.2) is 42.0 Å². The van der Waals surface area contributed by atoms with Gasteiger partial charge in [0.05, 0.1) is 16.6 Å². The second-order valence-electron chi connectivity index (χ2n) is 9.39. The highest BCUT2D eigenvalue weighted by molar-refractivity contribution is 6.02. The topological polar surface area (TPSA) is 154 Å². The lowest BCUT2D eigenvalue weighted by Crippen LogP contribution is -2.45. The summed E-state index contributed by atoms with van der Waals surface area (Å²) in [6.45, 7) is 3.33. The number of carbonyl (C=O) groups is 3. The molecule has 0 radical (unpaired) electrons. The van der Waals surface area contributed by atoms with Crippen LogP contribution in [0.1, 0.15) is 30.6 Å². The Morgan fingerprint density at radius 1 is 1.13 bits per heavy atom. The summed E-state index contributed by atoms with van der Waals surface area (Å²) in [5, 5.41) is 14.2. The number of benzene rings is 2. The Kier molecular flexibility index (Phi) is 5.78. The summed E-state index contributed by atoms with van der Waals surface area (Å²) in [7, 11) is 0. The van der Waals surface area contributed by atoms with Crippen molar-refractivity contribution < 1.29 is 18.8 Å². The number of nitrogens with zero attached hydrogens (tertiary/aromatic N) is 5. The van der Waals surface area contributed by atoms with E-state index in [4.69, 9.17) is 4.42 Å². The van der Waals surface area contributed by atoms with Crippen LogP contribution < -0.4 is 16.2 Å². The van der Waals surface area contributed by atoms with Gasteiger partial charge in [0, 0.05) is 30.6 Å². The molecule has 39 heavy (non-hydrogen) atoms. The third kappa shape index (κ3) is 4.35. The van der Waals surface area contributed by atoms with E-state index in [0.29, 0.717) is 23.1 Å². The van der Waals surface area contributed by atoms with Crippen LogP contribution in [0.25, 0.3) is 33.3 Å². The zero-order valence-corrected chi connectivity index (χ0v) is 21.1. The summed E-state index contributed by atoms with van der Waals surface area (Å²) in [4.78, 5) is 55.4. The van der Waals surface area contributed by atoms with E-state index in [1.807, 2.05) is 24.3 Å². The van der Waals surface area contributed by atoms with Crippen molar-refractivity contribution in [2.45, 2.75) is 39.3 Å². The highest BCUT2D eigenvalue weighted by atomic mass is 16.4. The maximum atomic E-state index is 13.6. The van der Waals surface area contributed by atoms with Crippen molar-refractivity contribution in [3.8, 4) is 11.5 Å². The van der Waals surface area contributed by atoms with Crippen molar-refractivity contribution in [3.05, 3.63) is 70.7 Å². The predicted octanol–water partition coefficient (Wildman–Crippen LogP) is 2.63. The van der Waals surface area contributed by atoms with Gasteiger partial charge in [-0.3, -0.25) is 29.1 Å². The minimum absolute atomic E-state index is 0.0210. The van der Waals surface area contributed by atoms with Gasteiger partial charge in [-0.05, 0) is 49.1 Å². The molecule has 1 aliphatic heterocycles. The fourth-order valence-electron chi connectivity index (χ4n) is 4.97. The smallest absolute Gasteiger partial charge is 0.264 e. The van der Waals surface area contributed by atoms with Gasteiger partial charge in [-0.2, -0.15) is 0 Å². The van der Waals surface area contributed by atoms with Crippen LogP contribution in [0, 0.1) is 13.8 Å². The Morgan fingerprint density at radius 3 is 2.74 bits per heavy atom. The molecule has 1 saturated heterocycles. The highest BCUT2D eigenvalue weighted by Gasteiger charge is 2.31. The van der Waals surface area contributed by atoms with Gasteiger partial charge in [-0.25, -0.2) is 4.98 Å². The first-order valence-electron chi connectivity index (χ1n) is 12.3. The first kappa shape index (κ1) is 24.2. The van der Waals surface area contributed by atoms with Crippen molar-refractivity contribution in [2.24, 2.45) is 0 Å². The first-order valence-corrected chi connectivity index (χ1v) is 12.3. The number of piperidine rings is 1. The zero-order chi connectivity index (χ0) is 27.3. The summed E-state index contributed by atoms with van der Waals surface area (Å²) in [6, 6.07) is 11.7. The van der Waals surface area contributed by atoms with Gasteiger partial charge in [0.2, 0.25) is 29.5 Å². The first-order chi connectivity index (χ1) is 18.8. The highest BCUT2D eigenvalue weighted by Crippen LogP contribution is 2.26. The Labute approximate surface area is 220 Å². The Balaban J connectivity index is 1.32. The van der Waals surface area contributed by atoms with E-state index in [0.717, 1.165) is 16.5 Å². The molecule has 5 aromatic rings. The molecule has 12 nitrogen and oxygen atoms in total. The number of fused-ring (bicyclic) bond motifs is 2. The van der Waals surface area contributed by atoms with E-state index in [9.17, 15) is 19.2 Å². The molecule has 12 heteroatoms. The third-order valence-corrected chi connectivity index (χ3v) is 6.76. The van der Waals surface area contributed by atoms with E-state index < -0.39 is 17.5 Å². The lowest BCUT2D eigenvalue weighted by Gasteiger charge is -2.24. The molecule has 0 saturated carbocycles. The summed E-state index contributed by atoms with van der Waals surface area (Å²) >= 11 is 0. The predicted molar refractivity (Wildman–Crippen MR) is 141 cm³/mol. The van der Waals surface area contributed by atoms with Crippen LogP contribution >= 0.6 is 0 Å². The molecular formula is C27H23N7O5. The molecule has 3 aromatic heterocycles. The summed E-state index contributed by atoms with van der Waals surface area (Å²) in [6.07, 6.45) is 2.12. The number of anilines is 1. The molecule has 2 aromatic carbocycles. The molecule has 3 amide bonds.